The summed E-state index contributed by atoms with van der Waals surface area (Å²) in [7, 11) is 1.39. The Kier molecular flexibility index (Phi) is 34.0. The molecule has 3 fully saturated rings. The number of aromatic nitrogens is 6. The highest BCUT2D eigenvalue weighted by Crippen LogP contribution is 2.30. The number of primary amides is 2. The van der Waals surface area contributed by atoms with Gasteiger partial charge in [0.2, 0.25) is 94.5 Å². The van der Waals surface area contributed by atoms with Crippen molar-refractivity contribution in [2.24, 2.45) is 17.2 Å². The number of aliphatic hydroxyl groups is 2. The number of carbonyl (C=O) groups is 16. The largest absolute Gasteiger partial charge is 0.508 e. The van der Waals surface area contributed by atoms with E-state index in [4.69, 9.17) is 21.9 Å². The molecule has 3 saturated heterocycles. The lowest BCUT2D eigenvalue weighted by Crippen LogP contribution is -2.63. The van der Waals surface area contributed by atoms with Gasteiger partial charge in [0.1, 0.15) is 84.3 Å². The van der Waals surface area contributed by atoms with Crippen molar-refractivity contribution in [1.82, 2.24) is 103 Å². The van der Waals surface area contributed by atoms with E-state index in [0.717, 1.165) is 26.5 Å². The highest BCUT2D eigenvalue weighted by molar-refractivity contribution is 8.00. The number of aliphatic hydroxyl groups excluding tert-OH is 2. The van der Waals surface area contributed by atoms with Crippen LogP contribution in [0.5, 0.6) is 5.75 Å². The van der Waals surface area contributed by atoms with Crippen LogP contribution < -0.4 is 70.4 Å². The average Bonchev–Trinajstić information content (AvgIpc) is 1.28. The first-order chi connectivity index (χ1) is 60.3. The molecule has 43 nitrogen and oxygen atoms in total. The third-order valence-electron chi connectivity index (χ3n) is 22.5. The van der Waals surface area contributed by atoms with Crippen molar-refractivity contribution >= 4 is 128 Å². The lowest BCUT2D eigenvalue weighted by molar-refractivity contribution is -0.152. The minimum atomic E-state index is -1.81. The Balaban J connectivity index is 0.984. The summed E-state index contributed by atoms with van der Waals surface area (Å²) in [5.41, 5.74) is 20.0. The number of phenols is 1. The number of phenolic OH excluding ortho intramolecular Hbond substituents is 1. The Morgan fingerprint density at radius 2 is 1.16 bits per heavy atom. The van der Waals surface area contributed by atoms with Crippen LogP contribution in [0, 0.1) is 0 Å². The van der Waals surface area contributed by atoms with Crippen LogP contribution in [0.1, 0.15) is 127 Å². The molecule has 10 rings (SSSR count). The van der Waals surface area contributed by atoms with Crippen LogP contribution in [-0.4, -0.2) is 309 Å². The molecule has 0 spiro atoms. The van der Waals surface area contributed by atoms with Crippen LogP contribution in [-0.2, 0) is 101 Å². The predicted molar refractivity (Wildman–Crippen MR) is 453 cm³/mol. The van der Waals surface area contributed by atoms with E-state index >= 15 is 19.2 Å². The molecule has 21 N–H and O–H groups in total. The quantitative estimate of drug-likeness (QED) is 0.0362. The van der Waals surface area contributed by atoms with Crippen molar-refractivity contribution in [3.63, 3.8) is 0 Å². The second-order valence-electron chi connectivity index (χ2n) is 31.7. The Morgan fingerprint density at radius 1 is 0.587 bits per heavy atom. The number of thioether (sulfide) groups is 1. The summed E-state index contributed by atoms with van der Waals surface area (Å²) in [4.78, 5) is 241. The number of benzene rings is 3. The number of carbonyl (C=O) groups excluding carboxylic acids is 16. The molecule has 126 heavy (non-hydrogen) atoms. The summed E-state index contributed by atoms with van der Waals surface area (Å²) in [6.45, 7) is 2.53. The van der Waals surface area contributed by atoms with E-state index in [0.29, 0.717) is 64.2 Å². The number of hydrogen-bond acceptors (Lipinski definition) is 25. The fourth-order valence-corrected chi connectivity index (χ4v) is 16.6. The van der Waals surface area contributed by atoms with Gasteiger partial charge in [-0.1, -0.05) is 88.1 Å². The van der Waals surface area contributed by atoms with Gasteiger partial charge in [0, 0.05) is 98.9 Å². The Labute approximate surface area is 728 Å². The van der Waals surface area contributed by atoms with Gasteiger partial charge in [0.25, 0.3) is 0 Å². The van der Waals surface area contributed by atoms with Gasteiger partial charge in [0.15, 0.2) is 5.82 Å². The second-order valence-corrected chi connectivity index (χ2v) is 32.7. The number of unbranched alkanes of at least 4 members (excludes halogenated alkanes) is 2. The van der Waals surface area contributed by atoms with E-state index in [1.54, 1.807) is 48.8 Å². The fourth-order valence-electron chi connectivity index (χ4n) is 15.8. The number of aromatic hydroxyl groups is 1. The second kappa shape index (κ2) is 44.8. The molecule has 0 radical (unpaired) electrons. The molecule has 3 aromatic carbocycles. The number of H-pyrrole nitrogens is 2. The SMILES string of the molecule is CCCC[C@H]1C(=O)N[C@@H](C)C(=O)N[C@H](C(=O)NCC(N)=O)CSCC(=O)N[C@@H](Cc2ccc(O)cc2)C(=O)N2CCOC[C@H]2C(=O)N[C@@H](CC(N)=O)C(=O)N2CCC[C@H]2C(=O)N[C@@H](CN)C(=O)N[C@@H](C)C(=O)N2C[C@H](O)C[C@H]2C(=O)N[C@@H](Cc2c[nH]c3ccccc23)C(=O)N[C@@H](CO)C(=O)N[C@@H](Cc2c[nH]c3ccccc23)c2nnnn2[C@@H](CCCC)C(=O)N1C. The van der Waals surface area contributed by atoms with Crippen LogP contribution in [0.25, 0.3) is 21.8 Å². The van der Waals surface area contributed by atoms with Crippen LogP contribution >= 0.6 is 11.8 Å². The zero-order valence-electron chi connectivity index (χ0n) is 70.5. The summed E-state index contributed by atoms with van der Waals surface area (Å²) >= 11 is 0.789. The number of rotatable bonds is 19. The first kappa shape index (κ1) is 95.5. The standard InChI is InChI=1S/C82H111N23O20S/c1-6-8-19-61-75(117)89-43(3)70(112)97-60(71(113)88-37-67(85)110)41-126-42-68(111)91-56(29-45-22-24-48(107)25-23-45)80(122)103-27-28-125-40-65(103)78(120)94-57(33-66(84)109)81(123)102-26-14-21-62(102)76(118)95-58(34-83)73(115)90-44(4)79(121)104-38-49(108)32-64(104)77(119)93-55(31-47-36-87-53-18-13-11-16-51(47)53)72(114)96-59(39-106)74(116)92-54(30-46-35-86-52-17-12-10-15-50(46)52)69-98-99-100-105(69)63(20-9-7-2)82(124)101(61)5/h10-13,15-18,22-25,35-36,43-44,49,54-65,86-87,106-108H,6-9,14,19-21,26-34,37-42,83H2,1-5H3,(H2,84,109)(H2,85,110)(H,88,113)(H,89,117)(H,90,115)(H,91,111)(H,92,116)(H,93,119)(H,94,120)(H,95,118)(H,96,114)(H,97,112)/t43-,44-,49+,54-,55-,56-,57-,58-,59-,60-,61-,62-,63-,64-,65-/m0/s1. The third-order valence-corrected chi connectivity index (χ3v) is 23.6. The van der Waals surface area contributed by atoms with Crippen molar-refractivity contribution in [1.29, 1.82) is 0 Å². The molecular formula is C82H111N23O20S. The number of aromatic amines is 2. The zero-order valence-corrected chi connectivity index (χ0v) is 71.3. The molecule has 4 aliphatic heterocycles. The number of morpholine rings is 1. The fraction of sp³-hybridized carbons (Fsp3) is 0.524. The number of ether oxygens (including phenoxy) is 1. The van der Waals surface area contributed by atoms with Gasteiger partial charge in [-0.15, -0.1) is 16.9 Å². The number of nitrogens with two attached hydrogens (primary N) is 3. The lowest BCUT2D eigenvalue weighted by Gasteiger charge is -2.37. The number of nitrogens with one attached hydrogen (secondary N) is 12. The molecule has 0 aliphatic carbocycles. The third kappa shape index (κ3) is 24.5. The van der Waals surface area contributed by atoms with Gasteiger partial charge in [-0.2, -0.15) is 0 Å². The van der Waals surface area contributed by atoms with Gasteiger partial charge in [-0.3, -0.25) is 76.7 Å². The highest BCUT2D eigenvalue weighted by Gasteiger charge is 2.46. The predicted octanol–water partition coefficient (Wildman–Crippen LogP) is -4.75. The molecule has 6 aromatic rings. The zero-order chi connectivity index (χ0) is 91.2. The molecule has 16 amide bonds. The summed E-state index contributed by atoms with van der Waals surface area (Å²) in [6.07, 6.45) is 2.24. The Bertz CT molecular complexity index is 4950. The van der Waals surface area contributed by atoms with Gasteiger partial charge in [-0.05, 0) is 90.9 Å². The number of nitrogens with zero attached hydrogens (tertiary/aromatic N) is 8. The molecule has 4 aliphatic rings. The molecule has 680 valence electrons. The van der Waals surface area contributed by atoms with Crippen LogP contribution in [0.3, 0.4) is 0 Å². The van der Waals surface area contributed by atoms with E-state index in [9.17, 15) is 72.9 Å². The van der Waals surface area contributed by atoms with Crippen molar-refractivity contribution in [2.75, 3.05) is 71.1 Å². The van der Waals surface area contributed by atoms with E-state index in [-0.39, 0.29) is 82.6 Å². The van der Waals surface area contributed by atoms with Crippen molar-refractivity contribution in [3.05, 3.63) is 108 Å². The maximum absolute atomic E-state index is 15.5. The molecule has 0 unspecified atom stereocenters. The Morgan fingerprint density at radius 3 is 1.80 bits per heavy atom. The maximum Gasteiger partial charge on any atom is 0.248 e. The molecule has 7 heterocycles. The van der Waals surface area contributed by atoms with Gasteiger partial charge in [0.05, 0.1) is 50.7 Å². The van der Waals surface area contributed by atoms with Crippen molar-refractivity contribution < 1.29 is 96.8 Å². The lowest BCUT2D eigenvalue weighted by atomic mass is 10.0. The maximum atomic E-state index is 15.5. The van der Waals surface area contributed by atoms with E-state index < -0.39 is 236 Å². The molecule has 0 bridgehead atoms. The number of tetrazole rings is 1. The smallest absolute Gasteiger partial charge is 0.248 e. The number of para-hydroxylation sites is 2. The summed E-state index contributed by atoms with van der Waals surface area (Å²) in [5.74, 6) is -16.1. The van der Waals surface area contributed by atoms with Gasteiger partial charge >= 0.3 is 0 Å². The number of fused-ring (bicyclic) bond motifs is 6. The van der Waals surface area contributed by atoms with Crippen LogP contribution in [0.2, 0.25) is 0 Å². The first-order valence-corrected chi connectivity index (χ1v) is 43.0. The Hall–Kier alpha value is -12.7. The van der Waals surface area contributed by atoms with E-state index in [2.05, 4.69) is 78.7 Å². The molecule has 0 saturated carbocycles. The van der Waals surface area contributed by atoms with Gasteiger partial charge in [-0.25, -0.2) is 4.68 Å². The van der Waals surface area contributed by atoms with Crippen LogP contribution in [0.4, 0.5) is 0 Å². The van der Waals surface area contributed by atoms with Crippen molar-refractivity contribution in [3.8, 4) is 5.75 Å². The average molecular weight is 1770 g/mol. The van der Waals surface area contributed by atoms with E-state index in [1.807, 2.05) is 26.0 Å². The van der Waals surface area contributed by atoms with Gasteiger partial charge < -0.3 is 120 Å². The number of amides is 16. The molecular weight excluding hydrogens is 1660 g/mol. The number of likely N-dealkylation sites (N-methyl/N-ethyl adjacent to an activating group) is 1. The summed E-state index contributed by atoms with van der Waals surface area (Å²) < 4.78 is 6.91. The topological polar surface area (TPSA) is 630 Å². The summed E-state index contributed by atoms with van der Waals surface area (Å²) in [6, 6.07) is -1.28. The number of hydrogen-bond donors (Lipinski definition) is 18. The van der Waals surface area contributed by atoms with Crippen molar-refractivity contribution in [2.45, 2.75) is 202 Å². The normalized spacial score (nSPS) is 26.0. The summed E-state index contributed by atoms with van der Waals surface area (Å²) in [5, 5.41) is 72.7. The first-order valence-electron chi connectivity index (χ1n) is 41.9. The van der Waals surface area contributed by atoms with E-state index in [1.165, 1.54) is 54.7 Å². The monoisotopic (exact) mass is 1770 g/mol. The molecule has 15 atom stereocenters. The minimum absolute atomic E-state index is 0.0142. The van der Waals surface area contributed by atoms with Crippen LogP contribution in [0.15, 0.2) is 85.2 Å². The highest BCUT2D eigenvalue weighted by atomic mass is 32.2. The molecule has 3 aromatic heterocycles. The molecule has 44 heteroatoms. The minimum Gasteiger partial charge on any atom is -0.508 e.